The number of rotatable bonds is 11. The first-order chi connectivity index (χ1) is 22.7. The summed E-state index contributed by atoms with van der Waals surface area (Å²) in [6, 6.07) is 11.9. The monoisotopic (exact) mass is 655 g/mol. The summed E-state index contributed by atoms with van der Waals surface area (Å²) >= 11 is 0. The Balaban J connectivity index is 1.37. The van der Waals surface area contributed by atoms with E-state index in [4.69, 9.17) is 19.2 Å². The minimum atomic E-state index is -1.51. The number of aromatic nitrogens is 5. The molecule has 10 nitrogen and oxygen atoms in total. The molecule has 0 radical (unpaired) electrons. The van der Waals surface area contributed by atoms with Gasteiger partial charge in [0.25, 0.3) is 5.56 Å². The molecule has 4 heterocycles. The Morgan fingerprint density at radius 1 is 0.979 bits per heavy atom. The van der Waals surface area contributed by atoms with E-state index in [0.29, 0.717) is 55.6 Å². The van der Waals surface area contributed by atoms with E-state index in [2.05, 4.69) is 36.1 Å². The van der Waals surface area contributed by atoms with Crippen LogP contribution in [0.3, 0.4) is 0 Å². The second-order valence-electron chi connectivity index (χ2n) is 13.5. The molecule has 1 atom stereocenters. The van der Waals surface area contributed by atoms with Crippen molar-refractivity contribution in [3.8, 4) is 28.7 Å². The minimum absolute atomic E-state index is 0.216. The maximum Gasteiger partial charge on any atom is 0.332 e. The first-order valence-electron chi connectivity index (χ1n) is 16.9. The predicted molar refractivity (Wildman–Crippen MR) is 185 cm³/mol. The van der Waals surface area contributed by atoms with Gasteiger partial charge in [-0.15, -0.1) is 5.54 Å². The van der Waals surface area contributed by atoms with Crippen molar-refractivity contribution in [3.63, 3.8) is 0 Å². The molecule has 1 aliphatic carbocycles. The lowest BCUT2D eigenvalue weighted by atomic mass is 9.96. The topological polar surface area (TPSA) is 102 Å². The Morgan fingerprint density at radius 2 is 1.79 bits per heavy atom. The predicted octanol–water partition coefficient (Wildman–Crippen LogP) is 5.58. The zero-order valence-electron chi connectivity index (χ0n) is 28.0. The van der Waals surface area contributed by atoms with Gasteiger partial charge in [-0.05, 0) is 75.6 Å². The third-order valence-corrected chi connectivity index (χ3v) is 9.48. The van der Waals surface area contributed by atoms with Crippen LogP contribution < -0.4 is 16.0 Å². The van der Waals surface area contributed by atoms with Crippen LogP contribution in [0, 0.1) is 11.5 Å². The van der Waals surface area contributed by atoms with Gasteiger partial charge in [0.1, 0.15) is 20.0 Å². The van der Waals surface area contributed by atoms with Crippen LogP contribution in [0.25, 0.3) is 22.6 Å². The van der Waals surface area contributed by atoms with Crippen molar-refractivity contribution in [2.24, 2.45) is 0 Å². The molecule has 2 aliphatic rings. The van der Waals surface area contributed by atoms with Gasteiger partial charge in [-0.1, -0.05) is 37.7 Å². The molecule has 6 rings (SSSR count). The lowest BCUT2D eigenvalue weighted by molar-refractivity contribution is -0.163. The highest BCUT2D eigenvalue weighted by Gasteiger charge is 2.24. The SMILES string of the molecule is CCn1c(=O)n(CCCOC2CCCCO2)c(=O)c2c1nc(-c1ccc(OC3CCC3)nc1)n2Cc1ccc(C#C[Si](C)(C)C)cc1. The molecular weight excluding hydrogens is 611 g/mol. The molecule has 11 heteroatoms. The largest absolute Gasteiger partial charge is 0.474 e. The molecule has 1 aromatic carbocycles. The van der Waals surface area contributed by atoms with E-state index in [9.17, 15) is 9.59 Å². The van der Waals surface area contributed by atoms with Gasteiger partial charge in [0, 0.05) is 49.6 Å². The summed E-state index contributed by atoms with van der Waals surface area (Å²) < 4.78 is 22.4. The lowest BCUT2D eigenvalue weighted by Gasteiger charge is -2.25. The van der Waals surface area contributed by atoms with E-state index in [1.807, 2.05) is 47.9 Å². The van der Waals surface area contributed by atoms with Gasteiger partial charge >= 0.3 is 5.69 Å². The molecule has 1 saturated heterocycles. The molecule has 4 aromatic rings. The van der Waals surface area contributed by atoms with Crippen molar-refractivity contribution in [2.75, 3.05) is 13.2 Å². The highest BCUT2D eigenvalue weighted by Crippen LogP contribution is 2.28. The summed E-state index contributed by atoms with van der Waals surface area (Å²) in [5.74, 6) is 4.45. The average molecular weight is 656 g/mol. The zero-order chi connectivity index (χ0) is 33.0. The lowest BCUT2D eigenvalue weighted by Crippen LogP contribution is -2.40. The molecule has 1 unspecified atom stereocenters. The van der Waals surface area contributed by atoms with Crippen LogP contribution in [0.4, 0.5) is 0 Å². The van der Waals surface area contributed by atoms with Crippen molar-refractivity contribution in [1.82, 2.24) is 23.7 Å². The fourth-order valence-corrected chi connectivity index (χ4v) is 6.32. The van der Waals surface area contributed by atoms with Gasteiger partial charge < -0.3 is 18.8 Å². The molecular formula is C36H45N5O5Si. The van der Waals surface area contributed by atoms with Crippen LogP contribution in [0.15, 0.2) is 52.2 Å². The van der Waals surface area contributed by atoms with Crippen molar-refractivity contribution in [1.29, 1.82) is 0 Å². The summed E-state index contributed by atoms with van der Waals surface area (Å²) in [5.41, 5.74) is 6.12. The summed E-state index contributed by atoms with van der Waals surface area (Å²) in [5, 5.41) is 0. The highest BCUT2D eigenvalue weighted by molar-refractivity contribution is 6.83. The number of fused-ring (bicyclic) bond motifs is 1. The van der Waals surface area contributed by atoms with Crippen LogP contribution in [-0.2, 0) is 29.1 Å². The number of nitrogens with zero attached hydrogens (tertiary/aromatic N) is 5. The van der Waals surface area contributed by atoms with Crippen LogP contribution in [0.2, 0.25) is 19.6 Å². The number of pyridine rings is 1. The van der Waals surface area contributed by atoms with Gasteiger partial charge in [0.05, 0.1) is 6.61 Å². The quantitative estimate of drug-likeness (QED) is 0.118. The molecule has 1 aliphatic heterocycles. The Bertz CT molecular complexity index is 1870. The van der Waals surface area contributed by atoms with Crippen molar-refractivity contribution >= 4 is 19.2 Å². The van der Waals surface area contributed by atoms with Gasteiger partial charge in [0.2, 0.25) is 5.88 Å². The van der Waals surface area contributed by atoms with Crippen molar-refractivity contribution in [2.45, 2.75) is 104 Å². The fourth-order valence-electron chi connectivity index (χ4n) is 5.80. The molecule has 248 valence electrons. The van der Waals surface area contributed by atoms with Crippen molar-refractivity contribution < 1.29 is 14.2 Å². The third-order valence-electron chi connectivity index (χ3n) is 8.61. The molecule has 0 spiro atoms. The number of benzene rings is 1. The average Bonchev–Trinajstić information content (AvgIpc) is 3.41. The second kappa shape index (κ2) is 14.4. The molecule has 0 amide bonds. The molecule has 0 bridgehead atoms. The molecule has 47 heavy (non-hydrogen) atoms. The van der Waals surface area contributed by atoms with Gasteiger partial charge in [-0.25, -0.2) is 14.8 Å². The first-order valence-corrected chi connectivity index (χ1v) is 20.4. The number of imidazole rings is 1. The second-order valence-corrected chi connectivity index (χ2v) is 18.2. The van der Waals surface area contributed by atoms with Crippen molar-refractivity contribution in [3.05, 3.63) is 74.6 Å². The maximum absolute atomic E-state index is 14.2. The number of aryl methyl sites for hydroxylation is 1. The summed E-state index contributed by atoms with van der Waals surface area (Å²) in [7, 11) is -1.51. The molecule has 3 aromatic heterocycles. The standard InChI is InChI=1S/C36H45N5O5Si/c1-5-39-34-32(35(42)40(36(39)43)20-9-22-45-31-12-6-7-21-44-31)41(25-27-15-13-26(14-16-27)19-23-47(2,3)4)33(38-34)28-17-18-30(37-24-28)46-29-10-8-11-29/h13-18,24,29,31H,5-12,20-22,25H2,1-4H3. The van der Waals surface area contributed by atoms with E-state index in [1.54, 1.807) is 10.8 Å². The molecule has 0 N–H and O–H groups in total. The normalized spacial score (nSPS) is 16.9. The smallest absolute Gasteiger partial charge is 0.332 e. The van der Waals surface area contributed by atoms with Gasteiger partial charge in [-0.2, -0.15) is 0 Å². The number of hydrogen-bond acceptors (Lipinski definition) is 7. The summed E-state index contributed by atoms with van der Waals surface area (Å²) in [6.45, 7) is 10.7. The summed E-state index contributed by atoms with van der Waals surface area (Å²) in [4.78, 5) is 37.4. The highest BCUT2D eigenvalue weighted by atomic mass is 28.3. The Morgan fingerprint density at radius 3 is 2.43 bits per heavy atom. The van der Waals surface area contributed by atoms with Crippen LogP contribution >= 0.6 is 0 Å². The maximum atomic E-state index is 14.2. The van der Waals surface area contributed by atoms with Gasteiger partial charge in [0.15, 0.2) is 17.5 Å². The van der Waals surface area contributed by atoms with Crippen LogP contribution in [0.1, 0.15) is 63.0 Å². The molecule has 1 saturated carbocycles. The minimum Gasteiger partial charge on any atom is -0.474 e. The number of ether oxygens (including phenoxy) is 3. The Kier molecular flexibility index (Phi) is 10.1. The molecule has 2 fully saturated rings. The van der Waals surface area contributed by atoms with Crippen LogP contribution in [0.5, 0.6) is 5.88 Å². The number of hydrogen-bond donors (Lipinski definition) is 0. The van der Waals surface area contributed by atoms with E-state index >= 15 is 0 Å². The van der Waals surface area contributed by atoms with E-state index in [0.717, 1.165) is 48.8 Å². The fraction of sp³-hybridized carbons (Fsp3) is 0.500. The van der Waals surface area contributed by atoms with E-state index in [-0.39, 0.29) is 30.2 Å². The zero-order valence-corrected chi connectivity index (χ0v) is 29.0. The first kappa shape index (κ1) is 32.9. The Labute approximate surface area is 276 Å². The van der Waals surface area contributed by atoms with Crippen LogP contribution in [-0.4, -0.2) is 57.4 Å². The third kappa shape index (κ3) is 7.78. The van der Waals surface area contributed by atoms with Gasteiger partial charge in [-0.3, -0.25) is 13.9 Å². The van der Waals surface area contributed by atoms with E-state index in [1.165, 1.54) is 11.0 Å². The summed E-state index contributed by atoms with van der Waals surface area (Å²) in [6.07, 6.45) is 8.51. The van der Waals surface area contributed by atoms with E-state index < -0.39 is 8.07 Å². The Hall–Kier alpha value is -3.98.